The van der Waals surface area contributed by atoms with Crippen LogP contribution in [-0.2, 0) is 0 Å². The van der Waals surface area contributed by atoms with Crippen molar-refractivity contribution in [2.24, 2.45) is 17.3 Å². The topological polar surface area (TPSA) is 0 Å². The SMILES string of the molecule is FCC/C=C/C1CCC(C2(C(F)(F)F)C(F)=CCC=C2F)CC1. The van der Waals surface area contributed by atoms with Crippen LogP contribution < -0.4 is 0 Å². The molecule has 130 valence electrons. The second-order valence-electron chi connectivity index (χ2n) is 6.16. The van der Waals surface area contributed by atoms with Crippen LogP contribution in [0.5, 0.6) is 0 Å². The maximum atomic E-state index is 14.2. The Morgan fingerprint density at radius 3 is 2.09 bits per heavy atom. The Balaban J connectivity index is 2.19. The van der Waals surface area contributed by atoms with E-state index in [0.29, 0.717) is 12.8 Å². The van der Waals surface area contributed by atoms with Crippen LogP contribution in [0.3, 0.4) is 0 Å². The lowest BCUT2D eigenvalue weighted by atomic mass is 9.63. The molecule has 2 aliphatic carbocycles. The zero-order chi connectivity index (χ0) is 17.1. The molecular formula is C17H20F6. The number of hydrogen-bond donors (Lipinski definition) is 0. The lowest BCUT2D eigenvalue weighted by Gasteiger charge is -2.43. The second-order valence-corrected chi connectivity index (χ2v) is 6.16. The lowest BCUT2D eigenvalue weighted by molar-refractivity contribution is -0.229. The van der Waals surface area contributed by atoms with Crippen LogP contribution in [0.25, 0.3) is 0 Å². The Morgan fingerprint density at radius 2 is 1.61 bits per heavy atom. The van der Waals surface area contributed by atoms with Crippen LogP contribution in [0.4, 0.5) is 26.3 Å². The maximum Gasteiger partial charge on any atom is 0.407 e. The Morgan fingerprint density at radius 1 is 1.04 bits per heavy atom. The molecule has 0 aromatic heterocycles. The number of rotatable bonds is 4. The maximum absolute atomic E-state index is 14.2. The van der Waals surface area contributed by atoms with Crippen LogP contribution in [-0.4, -0.2) is 12.9 Å². The Bertz CT molecular complexity index is 474. The van der Waals surface area contributed by atoms with Gasteiger partial charge in [0.15, 0.2) is 5.41 Å². The van der Waals surface area contributed by atoms with Crippen LogP contribution in [0.1, 0.15) is 38.5 Å². The smallest absolute Gasteiger partial charge is 0.251 e. The second kappa shape index (κ2) is 7.14. The number of allylic oxidation sites excluding steroid dienone is 6. The summed E-state index contributed by atoms with van der Waals surface area (Å²) in [6.07, 6.45) is 1.26. The van der Waals surface area contributed by atoms with Gasteiger partial charge in [0.2, 0.25) is 0 Å². The van der Waals surface area contributed by atoms with Gasteiger partial charge in [0.1, 0.15) is 11.7 Å². The molecule has 0 unspecified atom stereocenters. The normalized spacial score (nSPS) is 28.6. The summed E-state index contributed by atoms with van der Waals surface area (Å²) >= 11 is 0. The van der Waals surface area contributed by atoms with Gasteiger partial charge in [-0.05, 0) is 62.5 Å². The molecule has 1 fully saturated rings. The first-order chi connectivity index (χ1) is 10.8. The van der Waals surface area contributed by atoms with Gasteiger partial charge in [-0.1, -0.05) is 12.2 Å². The molecule has 0 amide bonds. The average Bonchev–Trinajstić information content (AvgIpc) is 2.48. The standard InChI is InChI=1S/C17H20F6/c18-11-2-1-4-12-7-9-13(10-8-12)16(17(21,22)23)14(19)5-3-6-15(16)20/h1,4-6,12-13H,2-3,7-11H2/b4-1+. The molecule has 23 heavy (non-hydrogen) atoms. The molecule has 6 heteroatoms. The van der Waals surface area contributed by atoms with Crippen molar-refractivity contribution in [1.29, 1.82) is 0 Å². The summed E-state index contributed by atoms with van der Waals surface area (Å²) in [6.45, 7) is -0.477. The van der Waals surface area contributed by atoms with Crippen molar-refractivity contribution in [2.45, 2.75) is 44.7 Å². The highest BCUT2D eigenvalue weighted by Gasteiger charge is 2.65. The van der Waals surface area contributed by atoms with E-state index < -0.39 is 35.8 Å². The fourth-order valence-electron chi connectivity index (χ4n) is 3.69. The van der Waals surface area contributed by atoms with Gasteiger partial charge in [-0.3, -0.25) is 4.39 Å². The van der Waals surface area contributed by atoms with Crippen molar-refractivity contribution >= 4 is 0 Å². The van der Waals surface area contributed by atoms with Crippen LogP contribution in [0.2, 0.25) is 0 Å². The van der Waals surface area contributed by atoms with Crippen molar-refractivity contribution in [3.8, 4) is 0 Å². The summed E-state index contributed by atoms with van der Waals surface area (Å²) in [7, 11) is 0. The third-order valence-corrected chi connectivity index (χ3v) is 4.86. The molecule has 0 spiro atoms. The van der Waals surface area contributed by atoms with E-state index in [2.05, 4.69) is 0 Å². The zero-order valence-corrected chi connectivity index (χ0v) is 12.7. The van der Waals surface area contributed by atoms with Gasteiger partial charge < -0.3 is 0 Å². The summed E-state index contributed by atoms with van der Waals surface area (Å²) in [5.74, 6) is -3.92. The van der Waals surface area contributed by atoms with Gasteiger partial charge in [-0.2, -0.15) is 13.2 Å². The zero-order valence-electron chi connectivity index (χ0n) is 12.7. The van der Waals surface area contributed by atoms with Crippen molar-refractivity contribution in [3.05, 3.63) is 36.0 Å². The van der Waals surface area contributed by atoms with Crippen LogP contribution in [0, 0.1) is 17.3 Å². The molecule has 0 atom stereocenters. The minimum atomic E-state index is -5.00. The molecule has 0 saturated heterocycles. The first-order valence-electron chi connectivity index (χ1n) is 7.85. The predicted octanol–water partition coefficient (Wildman–Crippen LogP) is 6.37. The number of halogens is 6. The Hall–Kier alpha value is -1.20. The van der Waals surface area contributed by atoms with E-state index in [4.69, 9.17) is 0 Å². The van der Waals surface area contributed by atoms with E-state index in [1.54, 1.807) is 12.2 Å². The molecule has 0 bridgehead atoms. The summed E-state index contributed by atoms with van der Waals surface area (Å²) in [4.78, 5) is 0. The summed E-state index contributed by atoms with van der Waals surface area (Å²) in [6, 6.07) is 0. The molecule has 0 aromatic rings. The fourth-order valence-corrected chi connectivity index (χ4v) is 3.69. The van der Waals surface area contributed by atoms with E-state index in [0.717, 1.165) is 12.2 Å². The van der Waals surface area contributed by atoms with Crippen molar-refractivity contribution in [1.82, 2.24) is 0 Å². The highest BCUT2D eigenvalue weighted by molar-refractivity contribution is 5.31. The van der Waals surface area contributed by atoms with Crippen molar-refractivity contribution in [2.75, 3.05) is 6.67 Å². The predicted molar refractivity (Wildman–Crippen MR) is 76.7 cm³/mol. The van der Waals surface area contributed by atoms with Crippen molar-refractivity contribution in [3.63, 3.8) is 0 Å². The third kappa shape index (κ3) is 3.36. The van der Waals surface area contributed by atoms with E-state index >= 15 is 0 Å². The minimum Gasteiger partial charge on any atom is -0.251 e. The molecule has 2 rings (SSSR count). The van der Waals surface area contributed by atoms with Gasteiger partial charge in [-0.15, -0.1) is 0 Å². The molecule has 0 aromatic carbocycles. The number of hydrogen-bond acceptors (Lipinski definition) is 0. The van der Waals surface area contributed by atoms with E-state index in [9.17, 15) is 26.3 Å². The molecular weight excluding hydrogens is 318 g/mol. The molecule has 0 radical (unpaired) electrons. The minimum absolute atomic E-state index is 0.0470. The summed E-state index contributed by atoms with van der Waals surface area (Å²) in [5, 5.41) is 0. The number of alkyl halides is 4. The lowest BCUT2D eigenvalue weighted by Crippen LogP contribution is -2.47. The van der Waals surface area contributed by atoms with Gasteiger partial charge in [0.05, 0.1) is 6.67 Å². The average molecular weight is 338 g/mol. The van der Waals surface area contributed by atoms with E-state index in [-0.39, 0.29) is 31.6 Å². The fraction of sp³-hybridized carbons (Fsp3) is 0.647. The molecule has 1 saturated carbocycles. The molecule has 0 N–H and O–H groups in total. The van der Waals surface area contributed by atoms with Gasteiger partial charge in [0, 0.05) is 0 Å². The molecule has 0 aliphatic heterocycles. The summed E-state index contributed by atoms with van der Waals surface area (Å²) < 4.78 is 81.2. The van der Waals surface area contributed by atoms with E-state index in [1.165, 1.54) is 0 Å². The van der Waals surface area contributed by atoms with E-state index in [1.807, 2.05) is 0 Å². The highest BCUT2D eigenvalue weighted by Crippen LogP contribution is 2.60. The summed E-state index contributed by atoms with van der Waals surface area (Å²) in [5.41, 5.74) is -3.11. The molecule has 0 heterocycles. The van der Waals surface area contributed by atoms with Crippen LogP contribution in [0.15, 0.2) is 36.0 Å². The van der Waals surface area contributed by atoms with Crippen LogP contribution >= 0.6 is 0 Å². The van der Waals surface area contributed by atoms with Gasteiger partial charge >= 0.3 is 6.18 Å². The first kappa shape index (κ1) is 18.1. The third-order valence-electron chi connectivity index (χ3n) is 4.86. The van der Waals surface area contributed by atoms with Gasteiger partial charge in [-0.25, -0.2) is 8.78 Å². The first-order valence-corrected chi connectivity index (χ1v) is 7.85. The molecule has 2 aliphatic rings. The highest BCUT2D eigenvalue weighted by atomic mass is 19.4. The van der Waals surface area contributed by atoms with Gasteiger partial charge in [0.25, 0.3) is 0 Å². The quantitative estimate of drug-likeness (QED) is 0.413. The Kier molecular flexibility index (Phi) is 5.63. The van der Waals surface area contributed by atoms with Crippen molar-refractivity contribution < 1.29 is 26.3 Å². The monoisotopic (exact) mass is 338 g/mol. The largest absolute Gasteiger partial charge is 0.407 e. The molecule has 0 nitrogen and oxygen atoms in total. The Labute approximate surface area is 131 Å².